The maximum Gasteiger partial charge on any atom is 0.205 e. The van der Waals surface area contributed by atoms with Crippen LogP contribution in [0.25, 0.3) is 0 Å². The number of nitrogens with zero attached hydrogens (tertiary/aromatic N) is 2. The molecule has 0 aliphatic heterocycles. The number of aromatic nitrogens is 1. The van der Waals surface area contributed by atoms with E-state index in [1.807, 2.05) is 45.0 Å². The summed E-state index contributed by atoms with van der Waals surface area (Å²) in [5, 5.41) is 6.57. The fraction of sp³-hybridized carbons (Fsp3) is 0.286. The molecule has 0 saturated carbocycles. The molecule has 0 unspecified atom stereocenters. The molecule has 5 nitrogen and oxygen atoms in total. The number of hydrogen-bond acceptors (Lipinski definition) is 6. The minimum Gasteiger partial charge on any atom is -0.487 e. The topological polar surface area (TPSA) is 72.5 Å². The molecule has 0 spiro atoms. The van der Waals surface area contributed by atoms with Crippen LogP contribution in [0.3, 0.4) is 0 Å². The van der Waals surface area contributed by atoms with Gasteiger partial charge in [-0.3, -0.25) is 5.43 Å². The van der Waals surface area contributed by atoms with Crippen LogP contribution in [0.2, 0.25) is 0 Å². The SMILES string of the molecule is CC(C)(C)Oc1ccccc1C=NNc1nc(N)cs1. The molecule has 6 heteroatoms. The van der Waals surface area contributed by atoms with Gasteiger partial charge in [-0.1, -0.05) is 12.1 Å². The molecule has 0 aliphatic rings. The second kappa shape index (κ2) is 5.92. The molecule has 0 bridgehead atoms. The Morgan fingerprint density at radius 1 is 1.35 bits per heavy atom. The van der Waals surface area contributed by atoms with Crippen LogP contribution in [-0.2, 0) is 0 Å². The fourth-order valence-corrected chi connectivity index (χ4v) is 2.05. The molecule has 1 heterocycles. The lowest BCUT2D eigenvalue weighted by atomic mass is 10.1. The summed E-state index contributed by atoms with van der Waals surface area (Å²) in [6, 6.07) is 7.75. The molecular weight excluding hydrogens is 272 g/mol. The number of anilines is 2. The van der Waals surface area contributed by atoms with Crippen molar-refractivity contribution in [3.8, 4) is 5.75 Å². The Hall–Kier alpha value is -2.08. The zero-order valence-corrected chi connectivity index (χ0v) is 12.6. The summed E-state index contributed by atoms with van der Waals surface area (Å²) >= 11 is 1.41. The second-order valence-corrected chi connectivity index (χ2v) is 6.06. The van der Waals surface area contributed by atoms with E-state index in [2.05, 4.69) is 15.5 Å². The molecule has 0 amide bonds. The van der Waals surface area contributed by atoms with Crippen molar-refractivity contribution in [2.45, 2.75) is 26.4 Å². The Morgan fingerprint density at radius 3 is 2.75 bits per heavy atom. The van der Waals surface area contributed by atoms with E-state index in [1.165, 1.54) is 11.3 Å². The highest BCUT2D eigenvalue weighted by Crippen LogP contribution is 2.22. The summed E-state index contributed by atoms with van der Waals surface area (Å²) in [5.41, 5.74) is 9.04. The van der Waals surface area contributed by atoms with Crippen molar-refractivity contribution < 1.29 is 4.74 Å². The minimum atomic E-state index is -0.249. The van der Waals surface area contributed by atoms with Gasteiger partial charge in [-0.05, 0) is 32.9 Å². The van der Waals surface area contributed by atoms with E-state index >= 15 is 0 Å². The molecule has 1 aromatic carbocycles. The van der Waals surface area contributed by atoms with Gasteiger partial charge in [0.15, 0.2) is 0 Å². The molecule has 1 aromatic heterocycles. The highest BCUT2D eigenvalue weighted by Gasteiger charge is 2.13. The number of rotatable bonds is 4. The monoisotopic (exact) mass is 290 g/mol. The largest absolute Gasteiger partial charge is 0.487 e. The third-order valence-electron chi connectivity index (χ3n) is 2.22. The molecule has 0 radical (unpaired) electrons. The first-order chi connectivity index (χ1) is 9.44. The van der Waals surface area contributed by atoms with Gasteiger partial charge in [0.2, 0.25) is 5.13 Å². The average Bonchev–Trinajstić information content (AvgIpc) is 2.75. The zero-order chi connectivity index (χ0) is 14.6. The molecule has 2 aromatic rings. The third-order valence-corrected chi connectivity index (χ3v) is 2.99. The number of ether oxygens (including phenoxy) is 1. The Balaban J connectivity index is 2.08. The number of nitrogen functional groups attached to an aromatic ring is 1. The standard InChI is InChI=1S/C14H18N4OS/c1-14(2,3)19-11-7-5-4-6-10(11)8-16-18-13-17-12(15)9-20-13/h4-9H,15H2,1-3H3,(H,17,18). The van der Waals surface area contributed by atoms with E-state index in [4.69, 9.17) is 10.5 Å². The predicted molar refractivity (Wildman–Crippen MR) is 84.6 cm³/mol. The smallest absolute Gasteiger partial charge is 0.205 e. The molecule has 106 valence electrons. The Bertz CT molecular complexity index is 601. The van der Waals surface area contributed by atoms with Crippen LogP contribution in [0.4, 0.5) is 10.9 Å². The number of hydrazone groups is 1. The number of nitrogens with two attached hydrogens (primary N) is 1. The van der Waals surface area contributed by atoms with E-state index in [1.54, 1.807) is 11.6 Å². The van der Waals surface area contributed by atoms with Gasteiger partial charge in [0.1, 0.15) is 17.2 Å². The van der Waals surface area contributed by atoms with Gasteiger partial charge in [-0.15, -0.1) is 11.3 Å². The lowest BCUT2D eigenvalue weighted by Gasteiger charge is -2.22. The summed E-state index contributed by atoms with van der Waals surface area (Å²) in [5.74, 6) is 1.29. The zero-order valence-electron chi connectivity index (χ0n) is 11.8. The number of para-hydroxylation sites is 1. The van der Waals surface area contributed by atoms with E-state index in [9.17, 15) is 0 Å². The van der Waals surface area contributed by atoms with Crippen molar-refractivity contribution in [3.63, 3.8) is 0 Å². The Kier molecular flexibility index (Phi) is 4.24. The molecule has 0 aliphatic carbocycles. The normalized spacial score (nSPS) is 11.8. The molecule has 0 fully saturated rings. The maximum atomic E-state index is 5.89. The first-order valence-corrected chi connectivity index (χ1v) is 7.10. The van der Waals surface area contributed by atoms with Crippen LogP contribution in [0, 0.1) is 0 Å². The summed E-state index contributed by atoms with van der Waals surface area (Å²) < 4.78 is 5.89. The van der Waals surface area contributed by atoms with E-state index in [0.717, 1.165) is 11.3 Å². The second-order valence-electron chi connectivity index (χ2n) is 5.20. The number of benzene rings is 1. The van der Waals surface area contributed by atoms with Crippen LogP contribution in [0.5, 0.6) is 5.75 Å². The molecule has 20 heavy (non-hydrogen) atoms. The van der Waals surface area contributed by atoms with E-state index in [0.29, 0.717) is 10.9 Å². The van der Waals surface area contributed by atoms with Crippen molar-refractivity contribution in [1.82, 2.24) is 4.98 Å². The van der Waals surface area contributed by atoms with Crippen LogP contribution in [0.15, 0.2) is 34.7 Å². The summed E-state index contributed by atoms with van der Waals surface area (Å²) in [4.78, 5) is 4.06. The van der Waals surface area contributed by atoms with E-state index < -0.39 is 0 Å². The number of thiazole rings is 1. The van der Waals surface area contributed by atoms with E-state index in [-0.39, 0.29) is 5.60 Å². The Labute approximate surface area is 122 Å². The lowest BCUT2D eigenvalue weighted by Crippen LogP contribution is -2.23. The van der Waals surface area contributed by atoms with Gasteiger partial charge < -0.3 is 10.5 Å². The van der Waals surface area contributed by atoms with Crippen molar-refractivity contribution >= 4 is 28.5 Å². The van der Waals surface area contributed by atoms with Gasteiger partial charge >= 0.3 is 0 Å². The van der Waals surface area contributed by atoms with Crippen LogP contribution >= 0.6 is 11.3 Å². The average molecular weight is 290 g/mol. The van der Waals surface area contributed by atoms with Crippen LogP contribution < -0.4 is 15.9 Å². The molecule has 0 saturated heterocycles. The molecule has 0 atom stereocenters. The van der Waals surface area contributed by atoms with Gasteiger partial charge in [-0.25, -0.2) is 4.98 Å². The highest BCUT2D eigenvalue weighted by molar-refractivity contribution is 7.14. The van der Waals surface area contributed by atoms with Gasteiger partial charge in [-0.2, -0.15) is 5.10 Å². The fourth-order valence-electron chi connectivity index (χ4n) is 1.50. The van der Waals surface area contributed by atoms with Crippen molar-refractivity contribution in [2.24, 2.45) is 5.10 Å². The predicted octanol–water partition coefficient (Wildman–Crippen LogP) is 3.35. The van der Waals surface area contributed by atoms with Crippen molar-refractivity contribution in [2.75, 3.05) is 11.2 Å². The molecule has 3 N–H and O–H groups in total. The first-order valence-electron chi connectivity index (χ1n) is 6.22. The Morgan fingerprint density at radius 2 is 2.10 bits per heavy atom. The number of nitrogens with one attached hydrogen (secondary N) is 1. The highest BCUT2D eigenvalue weighted by atomic mass is 32.1. The van der Waals surface area contributed by atoms with Gasteiger partial charge in [0.05, 0.1) is 6.21 Å². The molecular formula is C14H18N4OS. The summed E-state index contributed by atoms with van der Waals surface area (Å²) in [7, 11) is 0. The van der Waals surface area contributed by atoms with Gasteiger partial charge in [0, 0.05) is 10.9 Å². The van der Waals surface area contributed by atoms with Gasteiger partial charge in [0.25, 0.3) is 0 Å². The number of hydrogen-bond donors (Lipinski definition) is 2. The molecule has 2 rings (SSSR count). The quantitative estimate of drug-likeness (QED) is 0.669. The minimum absolute atomic E-state index is 0.249. The third kappa shape index (κ3) is 4.24. The van der Waals surface area contributed by atoms with Crippen LogP contribution in [0.1, 0.15) is 26.3 Å². The maximum absolute atomic E-state index is 5.89. The lowest BCUT2D eigenvalue weighted by molar-refractivity contribution is 0.130. The van der Waals surface area contributed by atoms with Crippen molar-refractivity contribution in [3.05, 3.63) is 35.2 Å². The van der Waals surface area contributed by atoms with Crippen molar-refractivity contribution in [1.29, 1.82) is 0 Å². The van der Waals surface area contributed by atoms with Crippen LogP contribution in [-0.4, -0.2) is 16.8 Å². The summed E-state index contributed by atoms with van der Waals surface area (Å²) in [6.07, 6.45) is 1.71. The summed E-state index contributed by atoms with van der Waals surface area (Å²) in [6.45, 7) is 6.03. The first kappa shape index (κ1) is 14.3.